The van der Waals surface area contributed by atoms with Crippen LogP contribution >= 0.6 is 0 Å². The van der Waals surface area contributed by atoms with Gasteiger partial charge in [-0.2, -0.15) is 0 Å². The number of primary amides is 1. The maximum absolute atomic E-state index is 11.4. The van der Waals surface area contributed by atoms with Crippen LogP contribution in [0, 0.1) is 11.3 Å². The number of piperidine rings is 1. The van der Waals surface area contributed by atoms with Gasteiger partial charge in [-0.25, -0.2) is 0 Å². The number of nitrogens with two attached hydrogens (primary N) is 1. The number of carbonyl (C=O) groups excluding carboxylic acids is 2. The second-order valence-electron chi connectivity index (χ2n) is 4.53. The lowest BCUT2D eigenvalue weighted by Gasteiger charge is -2.32. The second-order valence-corrected chi connectivity index (χ2v) is 4.53. The number of allylic oxidation sites excluding steroid dienone is 1. The SMILES string of the molecule is CC(=O)/C(C(=N)N1CCC(C(N)=O)CC1)=C(/C)O. The highest BCUT2D eigenvalue weighted by atomic mass is 16.3. The van der Waals surface area contributed by atoms with Crippen LogP contribution in [0.2, 0.25) is 0 Å². The largest absolute Gasteiger partial charge is 0.512 e. The van der Waals surface area contributed by atoms with Crippen molar-refractivity contribution in [1.29, 1.82) is 5.41 Å². The number of aliphatic hydroxyl groups is 1. The van der Waals surface area contributed by atoms with Crippen LogP contribution in [0.4, 0.5) is 0 Å². The van der Waals surface area contributed by atoms with E-state index in [2.05, 4.69) is 0 Å². The number of amides is 1. The molecule has 18 heavy (non-hydrogen) atoms. The highest BCUT2D eigenvalue weighted by molar-refractivity contribution is 6.19. The lowest BCUT2D eigenvalue weighted by Crippen LogP contribution is -2.43. The predicted octanol–water partition coefficient (Wildman–Crippen LogP) is 0.582. The van der Waals surface area contributed by atoms with Crippen molar-refractivity contribution in [3.63, 3.8) is 0 Å². The molecule has 1 aliphatic rings. The highest BCUT2D eigenvalue weighted by Gasteiger charge is 2.27. The van der Waals surface area contributed by atoms with E-state index >= 15 is 0 Å². The van der Waals surface area contributed by atoms with Crippen LogP contribution in [0.1, 0.15) is 26.7 Å². The monoisotopic (exact) mass is 253 g/mol. The molecule has 0 bridgehead atoms. The van der Waals surface area contributed by atoms with E-state index in [1.165, 1.54) is 13.8 Å². The summed E-state index contributed by atoms with van der Waals surface area (Å²) in [7, 11) is 0. The van der Waals surface area contributed by atoms with Crippen molar-refractivity contribution in [2.24, 2.45) is 11.7 Å². The molecular formula is C12H19N3O3. The summed E-state index contributed by atoms with van der Waals surface area (Å²) in [6.45, 7) is 3.70. The third-order valence-corrected chi connectivity index (χ3v) is 3.16. The van der Waals surface area contributed by atoms with E-state index in [1.807, 2.05) is 0 Å². The molecule has 0 saturated carbocycles. The first-order chi connectivity index (χ1) is 8.34. The van der Waals surface area contributed by atoms with E-state index in [1.54, 1.807) is 4.90 Å². The first kappa shape index (κ1) is 14.2. The number of ketones is 1. The highest BCUT2D eigenvalue weighted by Crippen LogP contribution is 2.19. The Morgan fingerprint density at radius 2 is 1.78 bits per heavy atom. The van der Waals surface area contributed by atoms with Crippen LogP contribution in [-0.2, 0) is 9.59 Å². The molecule has 1 fully saturated rings. The summed E-state index contributed by atoms with van der Waals surface area (Å²) >= 11 is 0. The van der Waals surface area contributed by atoms with Gasteiger partial charge in [-0.15, -0.1) is 0 Å². The summed E-state index contributed by atoms with van der Waals surface area (Å²) in [5, 5.41) is 17.4. The van der Waals surface area contributed by atoms with Gasteiger partial charge >= 0.3 is 0 Å². The summed E-state index contributed by atoms with van der Waals surface area (Å²) in [6.07, 6.45) is 1.15. The van der Waals surface area contributed by atoms with Crippen LogP contribution in [-0.4, -0.2) is 40.6 Å². The Kier molecular flexibility index (Phi) is 4.47. The third kappa shape index (κ3) is 3.09. The Hall–Kier alpha value is -1.85. The summed E-state index contributed by atoms with van der Waals surface area (Å²) < 4.78 is 0. The van der Waals surface area contributed by atoms with Gasteiger partial charge in [-0.1, -0.05) is 0 Å². The molecule has 0 spiro atoms. The standard InChI is InChI=1S/C12H19N3O3/c1-7(16)10(8(2)17)11(13)15-5-3-9(4-6-15)12(14)18/h9,13,16H,3-6H2,1-2H3,(H2,14,18)/b10-7+,13-11?. The van der Waals surface area contributed by atoms with Gasteiger partial charge in [0.2, 0.25) is 5.91 Å². The van der Waals surface area contributed by atoms with Gasteiger partial charge in [0.05, 0.1) is 5.57 Å². The molecule has 1 aliphatic heterocycles. The minimum absolute atomic E-state index is 0.0189. The van der Waals surface area contributed by atoms with Crippen molar-refractivity contribution in [2.45, 2.75) is 26.7 Å². The Bertz CT molecular complexity index is 403. The lowest BCUT2D eigenvalue weighted by molar-refractivity contribution is -0.123. The number of hydrogen-bond donors (Lipinski definition) is 3. The average molecular weight is 253 g/mol. The van der Waals surface area contributed by atoms with E-state index in [-0.39, 0.29) is 34.8 Å². The molecule has 1 rings (SSSR count). The first-order valence-corrected chi connectivity index (χ1v) is 5.88. The maximum Gasteiger partial charge on any atom is 0.220 e. The number of hydrogen-bond acceptors (Lipinski definition) is 4. The Balaban J connectivity index is 2.74. The molecule has 0 atom stereocenters. The molecule has 4 N–H and O–H groups in total. The second kappa shape index (κ2) is 5.66. The van der Waals surface area contributed by atoms with E-state index in [9.17, 15) is 14.7 Å². The number of Topliss-reactive ketones (excluding diaryl/α,β-unsaturated/α-hetero) is 1. The molecule has 100 valence electrons. The topological polar surface area (TPSA) is 107 Å². The molecule has 0 aromatic heterocycles. The molecule has 0 radical (unpaired) electrons. The third-order valence-electron chi connectivity index (χ3n) is 3.16. The van der Waals surface area contributed by atoms with Crippen molar-refractivity contribution in [3.8, 4) is 0 Å². The quantitative estimate of drug-likeness (QED) is 0.296. The molecule has 0 aromatic carbocycles. The molecule has 6 nitrogen and oxygen atoms in total. The van der Waals surface area contributed by atoms with E-state index in [0.717, 1.165) is 0 Å². The van der Waals surface area contributed by atoms with E-state index < -0.39 is 0 Å². The Labute approximate surface area is 106 Å². The summed E-state index contributed by atoms with van der Waals surface area (Å²) in [5.74, 6) is -0.942. The van der Waals surface area contributed by atoms with Gasteiger partial charge in [0.15, 0.2) is 5.78 Å². The van der Waals surface area contributed by atoms with E-state index in [4.69, 9.17) is 11.1 Å². The van der Waals surface area contributed by atoms with Gasteiger partial charge in [0.1, 0.15) is 11.6 Å². The van der Waals surface area contributed by atoms with Crippen molar-refractivity contribution in [3.05, 3.63) is 11.3 Å². The molecule has 1 amide bonds. The summed E-state index contributed by atoms with van der Waals surface area (Å²) in [5.41, 5.74) is 5.27. The maximum atomic E-state index is 11.4. The molecule has 1 saturated heterocycles. The van der Waals surface area contributed by atoms with Gasteiger partial charge in [0.25, 0.3) is 0 Å². The number of amidine groups is 1. The minimum Gasteiger partial charge on any atom is -0.512 e. The molecular weight excluding hydrogens is 234 g/mol. The van der Waals surface area contributed by atoms with Crippen molar-refractivity contribution < 1.29 is 14.7 Å². The first-order valence-electron chi connectivity index (χ1n) is 5.88. The summed E-state index contributed by atoms with van der Waals surface area (Å²) in [4.78, 5) is 24.1. The number of likely N-dealkylation sites (tertiary alicyclic amines) is 1. The Morgan fingerprint density at radius 1 is 1.28 bits per heavy atom. The normalized spacial score (nSPS) is 18.2. The zero-order valence-electron chi connectivity index (χ0n) is 10.7. The van der Waals surface area contributed by atoms with Crippen LogP contribution < -0.4 is 5.73 Å². The number of nitrogens with one attached hydrogen (secondary N) is 1. The van der Waals surface area contributed by atoms with Gasteiger partial charge in [-0.3, -0.25) is 15.0 Å². The molecule has 0 unspecified atom stereocenters. The minimum atomic E-state index is -0.336. The van der Waals surface area contributed by atoms with Gasteiger partial charge in [0, 0.05) is 19.0 Å². The van der Waals surface area contributed by atoms with Crippen molar-refractivity contribution in [2.75, 3.05) is 13.1 Å². The molecule has 6 heteroatoms. The van der Waals surface area contributed by atoms with Crippen molar-refractivity contribution >= 4 is 17.5 Å². The van der Waals surface area contributed by atoms with Crippen LogP contribution in [0.25, 0.3) is 0 Å². The zero-order valence-corrected chi connectivity index (χ0v) is 10.7. The number of rotatable bonds is 3. The van der Waals surface area contributed by atoms with Crippen LogP contribution in [0.15, 0.2) is 11.3 Å². The van der Waals surface area contributed by atoms with Gasteiger partial charge in [-0.05, 0) is 26.7 Å². The fraction of sp³-hybridized carbons (Fsp3) is 0.583. The number of nitrogens with zero attached hydrogens (tertiary/aromatic N) is 1. The zero-order chi connectivity index (χ0) is 13.9. The molecule has 0 aromatic rings. The summed E-state index contributed by atoms with van der Waals surface area (Å²) in [6, 6.07) is 0. The molecule has 1 heterocycles. The fourth-order valence-electron chi connectivity index (χ4n) is 2.14. The number of aliphatic hydroxyl groups excluding tert-OH is 1. The average Bonchev–Trinajstić information content (AvgIpc) is 2.28. The van der Waals surface area contributed by atoms with E-state index in [0.29, 0.717) is 25.9 Å². The van der Waals surface area contributed by atoms with Crippen molar-refractivity contribution in [1.82, 2.24) is 4.90 Å². The molecule has 0 aliphatic carbocycles. The predicted molar refractivity (Wildman–Crippen MR) is 67.2 cm³/mol. The Morgan fingerprint density at radius 3 is 2.11 bits per heavy atom. The fourth-order valence-corrected chi connectivity index (χ4v) is 2.14. The smallest absolute Gasteiger partial charge is 0.220 e. The van der Waals surface area contributed by atoms with Crippen LogP contribution in [0.3, 0.4) is 0 Å². The lowest BCUT2D eigenvalue weighted by atomic mass is 9.95. The van der Waals surface area contributed by atoms with Gasteiger partial charge < -0.3 is 15.7 Å². The number of carbonyl (C=O) groups is 2. The van der Waals surface area contributed by atoms with Crippen LogP contribution in [0.5, 0.6) is 0 Å².